The molecule has 0 saturated heterocycles. The van der Waals surface area contributed by atoms with Crippen LogP contribution in [0.1, 0.15) is 17.3 Å². The third-order valence-electron chi connectivity index (χ3n) is 2.95. The van der Waals surface area contributed by atoms with Crippen LogP contribution in [0.3, 0.4) is 0 Å². The van der Waals surface area contributed by atoms with Gasteiger partial charge in [-0.1, -0.05) is 11.6 Å². The smallest absolute Gasteiger partial charge is 0.259 e. The van der Waals surface area contributed by atoms with Gasteiger partial charge < -0.3 is 15.4 Å². The van der Waals surface area contributed by atoms with Gasteiger partial charge in [-0.2, -0.15) is 0 Å². The fourth-order valence-corrected chi connectivity index (χ4v) is 2.13. The molecule has 2 rings (SSSR count). The molecule has 0 aliphatic carbocycles. The third kappa shape index (κ3) is 4.20. The first-order valence-electron chi connectivity index (χ1n) is 6.62. The Labute approximate surface area is 137 Å². The molecule has 2 aromatic carbocycles. The van der Waals surface area contributed by atoms with Crippen molar-refractivity contribution < 1.29 is 18.7 Å². The maximum absolute atomic E-state index is 12.9. The van der Waals surface area contributed by atoms with E-state index in [4.69, 9.17) is 16.3 Å². The van der Waals surface area contributed by atoms with Crippen molar-refractivity contribution >= 4 is 34.8 Å². The lowest BCUT2D eigenvalue weighted by atomic mass is 10.1. The SMILES string of the molecule is COc1cc(NC(C)=O)c(Cl)cc1C(=O)Nc1ccc(F)cc1. The lowest BCUT2D eigenvalue weighted by molar-refractivity contribution is -0.114. The maximum Gasteiger partial charge on any atom is 0.259 e. The van der Waals surface area contributed by atoms with Crippen LogP contribution in [0.4, 0.5) is 15.8 Å². The van der Waals surface area contributed by atoms with Crippen LogP contribution in [-0.2, 0) is 4.79 Å². The predicted octanol–water partition coefficient (Wildman–Crippen LogP) is 3.70. The number of anilines is 2. The second kappa shape index (κ2) is 7.11. The summed E-state index contributed by atoms with van der Waals surface area (Å²) < 4.78 is 18.1. The Morgan fingerprint density at radius 1 is 1.13 bits per heavy atom. The molecule has 0 atom stereocenters. The number of hydrogen-bond acceptors (Lipinski definition) is 3. The molecule has 0 spiro atoms. The number of hydrogen-bond donors (Lipinski definition) is 2. The number of methoxy groups -OCH3 is 1. The topological polar surface area (TPSA) is 67.4 Å². The van der Waals surface area contributed by atoms with Crippen molar-refractivity contribution in [2.24, 2.45) is 0 Å². The summed E-state index contributed by atoms with van der Waals surface area (Å²) in [5.41, 5.74) is 0.964. The molecule has 0 aromatic heterocycles. The lowest BCUT2D eigenvalue weighted by Gasteiger charge is -2.13. The van der Waals surface area contributed by atoms with Gasteiger partial charge in [0.2, 0.25) is 5.91 Å². The van der Waals surface area contributed by atoms with Gasteiger partial charge >= 0.3 is 0 Å². The average molecular weight is 337 g/mol. The van der Waals surface area contributed by atoms with Crippen molar-refractivity contribution in [3.05, 3.63) is 52.8 Å². The summed E-state index contributed by atoms with van der Waals surface area (Å²) in [6.07, 6.45) is 0. The highest BCUT2D eigenvalue weighted by atomic mass is 35.5. The molecule has 120 valence electrons. The van der Waals surface area contributed by atoms with E-state index in [2.05, 4.69) is 10.6 Å². The van der Waals surface area contributed by atoms with Crippen LogP contribution < -0.4 is 15.4 Å². The van der Waals surface area contributed by atoms with E-state index in [1.807, 2.05) is 0 Å². The molecule has 0 fully saturated rings. The molecule has 2 amide bonds. The zero-order valence-corrected chi connectivity index (χ0v) is 13.2. The Morgan fingerprint density at radius 2 is 1.78 bits per heavy atom. The van der Waals surface area contributed by atoms with Crippen LogP contribution in [0, 0.1) is 5.82 Å². The molecule has 0 bridgehead atoms. The molecule has 2 N–H and O–H groups in total. The second-order valence-electron chi connectivity index (χ2n) is 4.67. The molecular formula is C16H14ClFN2O3. The number of carbonyl (C=O) groups is 2. The first-order valence-corrected chi connectivity index (χ1v) is 7.00. The summed E-state index contributed by atoms with van der Waals surface area (Å²) in [6.45, 7) is 1.35. The molecule has 7 heteroatoms. The van der Waals surface area contributed by atoms with Gasteiger partial charge in [-0.15, -0.1) is 0 Å². The Morgan fingerprint density at radius 3 is 2.35 bits per heavy atom. The maximum atomic E-state index is 12.9. The Kier molecular flexibility index (Phi) is 5.18. The van der Waals surface area contributed by atoms with Crippen LogP contribution in [0.25, 0.3) is 0 Å². The van der Waals surface area contributed by atoms with E-state index in [0.29, 0.717) is 11.4 Å². The predicted molar refractivity (Wildman–Crippen MR) is 86.7 cm³/mol. The minimum atomic E-state index is -0.468. The quantitative estimate of drug-likeness (QED) is 0.894. The summed E-state index contributed by atoms with van der Waals surface area (Å²) in [5, 5.41) is 5.36. The van der Waals surface area contributed by atoms with E-state index in [1.165, 1.54) is 50.4 Å². The monoisotopic (exact) mass is 336 g/mol. The largest absolute Gasteiger partial charge is 0.496 e. The number of halogens is 2. The molecular weight excluding hydrogens is 323 g/mol. The van der Waals surface area contributed by atoms with Crippen LogP contribution >= 0.6 is 11.6 Å². The van der Waals surface area contributed by atoms with Crippen molar-refractivity contribution in [3.8, 4) is 5.75 Å². The molecule has 0 radical (unpaired) electrons. The molecule has 0 aliphatic heterocycles. The summed E-state index contributed by atoms with van der Waals surface area (Å²) in [5.74, 6) is -0.914. The molecule has 5 nitrogen and oxygen atoms in total. The van der Waals surface area contributed by atoms with E-state index >= 15 is 0 Å². The molecule has 23 heavy (non-hydrogen) atoms. The van der Waals surface area contributed by atoms with Crippen molar-refractivity contribution in [1.29, 1.82) is 0 Å². The number of rotatable bonds is 4. The molecule has 0 unspecified atom stereocenters. The standard InChI is InChI=1S/C16H14ClFN2O3/c1-9(21)19-14-8-15(23-2)12(7-13(14)17)16(22)20-11-5-3-10(18)4-6-11/h3-8H,1-2H3,(H,19,21)(H,20,22). The lowest BCUT2D eigenvalue weighted by Crippen LogP contribution is -2.14. The number of ether oxygens (including phenoxy) is 1. The van der Waals surface area contributed by atoms with Gasteiger partial charge in [0.25, 0.3) is 5.91 Å². The Hall–Kier alpha value is -2.60. The Bertz CT molecular complexity index is 748. The van der Waals surface area contributed by atoms with Crippen LogP contribution in [0.2, 0.25) is 5.02 Å². The van der Waals surface area contributed by atoms with E-state index in [9.17, 15) is 14.0 Å². The van der Waals surface area contributed by atoms with E-state index in [0.717, 1.165) is 0 Å². The highest BCUT2D eigenvalue weighted by Crippen LogP contribution is 2.31. The number of carbonyl (C=O) groups excluding carboxylic acids is 2. The van der Waals surface area contributed by atoms with Gasteiger partial charge in [0.1, 0.15) is 11.6 Å². The van der Waals surface area contributed by atoms with Crippen LogP contribution in [0.5, 0.6) is 5.75 Å². The molecule has 0 aliphatic rings. The normalized spacial score (nSPS) is 10.1. The van der Waals surface area contributed by atoms with Gasteiger partial charge in [-0.05, 0) is 30.3 Å². The Balaban J connectivity index is 2.30. The number of nitrogens with one attached hydrogen (secondary N) is 2. The van der Waals surface area contributed by atoms with Crippen molar-refractivity contribution in [2.45, 2.75) is 6.92 Å². The van der Waals surface area contributed by atoms with Crippen molar-refractivity contribution in [2.75, 3.05) is 17.7 Å². The van der Waals surface area contributed by atoms with E-state index in [1.54, 1.807) is 0 Å². The zero-order chi connectivity index (χ0) is 17.0. The van der Waals surface area contributed by atoms with Gasteiger partial charge in [-0.3, -0.25) is 9.59 Å². The van der Waals surface area contributed by atoms with Crippen LogP contribution in [0.15, 0.2) is 36.4 Å². The number of amides is 2. The molecule has 0 saturated carbocycles. The third-order valence-corrected chi connectivity index (χ3v) is 3.26. The minimum Gasteiger partial charge on any atom is -0.496 e. The molecule has 2 aromatic rings. The number of benzene rings is 2. The van der Waals surface area contributed by atoms with Gasteiger partial charge in [0.05, 0.1) is 23.4 Å². The molecule has 0 heterocycles. The van der Waals surface area contributed by atoms with Gasteiger partial charge in [0.15, 0.2) is 0 Å². The van der Waals surface area contributed by atoms with E-state index < -0.39 is 11.7 Å². The van der Waals surface area contributed by atoms with Gasteiger partial charge in [-0.25, -0.2) is 4.39 Å². The van der Waals surface area contributed by atoms with Crippen LogP contribution in [-0.4, -0.2) is 18.9 Å². The first-order chi connectivity index (χ1) is 10.9. The summed E-state index contributed by atoms with van der Waals surface area (Å²) in [6, 6.07) is 8.20. The minimum absolute atomic E-state index is 0.191. The van der Waals surface area contributed by atoms with Crippen molar-refractivity contribution in [1.82, 2.24) is 0 Å². The second-order valence-corrected chi connectivity index (χ2v) is 5.08. The summed E-state index contributed by atoms with van der Waals surface area (Å²) in [7, 11) is 1.40. The van der Waals surface area contributed by atoms with E-state index in [-0.39, 0.29) is 22.2 Å². The fraction of sp³-hybridized carbons (Fsp3) is 0.125. The highest BCUT2D eigenvalue weighted by Gasteiger charge is 2.16. The highest BCUT2D eigenvalue weighted by molar-refractivity contribution is 6.34. The van der Waals surface area contributed by atoms with Crippen molar-refractivity contribution in [3.63, 3.8) is 0 Å². The fourth-order valence-electron chi connectivity index (χ4n) is 1.92. The average Bonchev–Trinajstić information content (AvgIpc) is 2.50. The summed E-state index contributed by atoms with van der Waals surface area (Å²) in [4.78, 5) is 23.5. The zero-order valence-electron chi connectivity index (χ0n) is 12.4. The summed E-state index contributed by atoms with van der Waals surface area (Å²) >= 11 is 6.07. The van der Waals surface area contributed by atoms with Gasteiger partial charge in [0, 0.05) is 18.7 Å². The first kappa shape index (κ1) is 16.8.